The van der Waals surface area contributed by atoms with E-state index in [9.17, 15) is 9.18 Å². The third-order valence-electron chi connectivity index (χ3n) is 4.83. The fourth-order valence-electron chi connectivity index (χ4n) is 3.19. The van der Waals surface area contributed by atoms with Crippen LogP contribution in [0.25, 0.3) is 11.4 Å². The number of hydrogen-bond donors (Lipinski definition) is 0. The predicted octanol–water partition coefficient (Wildman–Crippen LogP) is 5.01. The number of halogens is 1. The second-order valence-corrected chi connectivity index (χ2v) is 8.49. The summed E-state index contributed by atoms with van der Waals surface area (Å²) in [6, 6.07) is 16.1. The van der Waals surface area contributed by atoms with E-state index in [0.717, 1.165) is 11.3 Å². The van der Waals surface area contributed by atoms with Crippen molar-refractivity contribution >= 4 is 23.4 Å². The number of thioether (sulfide) groups is 1. The third kappa shape index (κ3) is 5.24. The summed E-state index contributed by atoms with van der Waals surface area (Å²) in [6.45, 7) is 8.20. The van der Waals surface area contributed by atoms with Gasteiger partial charge in [0.2, 0.25) is 5.91 Å². The van der Waals surface area contributed by atoms with E-state index in [1.165, 1.54) is 17.8 Å². The molecular weight excluding hydrogens is 425 g/mol. The molecule has 0 saturated carbocycles. The smallest absolute Gasteiger partial charge is 0.240 e. The Morgan fingerprint density at radius 3 is 2.66 bits per heavy atom. The van der Waals surface area contributed by atoms with Gasteiger partial charge in [0.1, 0.15) is 5.82 Å². The highest BCUT2D eigenvalue weighted by Gasteiger charge is 2.26. The minimum Gasteiger partial charge on any atom is -0.310 e. The molecule has 1 aromatic heterocycles. The first-order chi connectivity index (χ1) is 15.5. The number of benzene rings is 2. The zero-order valence-corrected chi connectivity index (χ0v) is 18.8. The van der Waals surface area contributed by atoms with Crippen LogP contribution in [-0.4, -0.2) is 32.5 Å². The number of nitrogens with zero attached hydrogens (tertiary/aromatic N) is 5. The Labute approximate surface area is 191 Å². The molecule has 6 nitrogen and oxygen atoms in total. The first kappa shape index (κ1) is 23.2. The monoisotopic (exact) mass is 449 g/mol. The molecule has 0 aliphatic rings. The lowest BCUT2D eigenvalue weighted by atomic mass is 10.2. The van der Waals surface area contributed by atoms with Crippen molar-refractivity contribution in [3.05, 3.63) is 72.6 Å². The minimum atomic E-state index is -0.503. The highest BCUT2D eigenvalue weighted by Crippen LogP contribution is 2.30. The lowest BCUT2D eigenvalue weighted by molar-refractivity contribution is -0.117. The normalized spacial score (nSPS) is 11.6. The van der Waals surface area contributed by atoms with Crippen LogP contribution in [0.15, 0.2) is 66.3 Å². The summed E-state index contributed by atoms with van der Waals surface area (Å²) in [5.74, 6) is -0.160. The molecule has 0 aliphatic carbocycles. The van der Waals surface area contributed by atoms with E-state index >= 15 is 0 Å². The van der Waals surface area contributed by atoms with Gasteiger partial charge in [0.05, 0.1) is 23.3 Å². The van der Waals surface area contributed by atoms with Crippen LogP contribution in [-0.2, 0) is 11.3 Å². The number of aromatic nitrogens is 3. The molecule has 1 atom stereocenters. The Morgan fingerprint density at radius 1 is 1.28 bits per heavy atom. The van der Waals surface area contributed by atoms with Crippen LogP contribution in [0.1, 0.15) is 18.9 Å². The summed E-state index contributed by atoms with van der Waals surface area (Å²) in [5, 5.41) is 17.4. The van der Waals surface area contributed by atoms with E-state index in [4.69, 9.17) is 5.26 Å². The standard InChI is InChI=1S/C24H24FN5OS/c1-4-15-30-22(20-8-5-6-9-21(20)25)27-28-24(30)32-18(3)23(31)29(16-7-14-26)19-12-10-17(2)11-13-19/h4-6,8-13,18H,1,7,15-16H2,2-3H3. The third-order valence-corrected chi connectivity index (χ3v) is 5.90. The Bertz CT molecular complexity index is 1140. The number of nitriles is 1. The minimum absolute atomic E-state index is 0.144. The summed E-state index contributed by atoms with van der Waals surface area (Å²) < 4.78 is 16.1. The average molecular weight is 450 g/mol. The Morgan fingerprint density at radius 2 is 2.00 bits per heavy atom. The highest BCUT2D eigenvalue weighted by atomic mass is 32.2. The molecule has 3 aromatic rings. The van der Waals surface area contributed by atoms with Crippen molar-refractivity contribution in [1.82, 2.24) is 14.8 Å². The molecule has 3 rings (SSSR count). The average Bonchev–Trinajstić information content (AvgIpc) is 3.17. The van der Waals surface area contributed by atoms with Crippen molar-refractivity contribution in [2.45, 2.75) is 37.2 Å². The maximum absolute atomic E-state index is 14.3. The van der Waals surface area contributed by atoms with Crippen molar-refractivity contribution in [3.63, 3.8) is 0 Å². The zero-order chi connectivity index (χ0) is 23.1. The lowest BCUT2D eigenvalue weighted by Crippen LogP contribution is -2.37. The molecule has 1 unspecified atom stereocenters. The van der Waals surface area contributed by atoms with Crippen molar-refractivity contribution < 1.29 is 9.18 Å². The second-order valence-electron chi connectivity index (χ2n) is 7.18. The molecule has 0 N–H and O–H groups in total. The number of hydrogen-bond acceptors (Lipinski definition) is 5. The SMILES string of the molecule is C=CCn1c(SC(C)C(=O)N(CCC#N)c2ccc(C)cc2)nnc1-c1ccccc1F. The van der Waals surface area contributed by atoms with Gasteiger partial charge in [0.15, 0.2) is 11.0 Å². The van der Waals surface area contributed by atoms with Crippen LogP contribution in [0.2, 0.25) is 0 Å². The summed E-state index contributed by atoms with van der Waals surface area (Å²) >= 11 is 1.24. The maximum atomic E-state index is 14.3. The van der Waals surface area contributed by atoms with Gasteiger partial charge < -0.3 is 4.90 Å². The Balaban J connectivity index is 1.87. The van der Waals surface area contributed by atoms with E-state index in [1.807, 2.05) is 31.2 Å². The fourth-order valence-corrected chi connectivity index (χ4v) is 4.11. The van der Waals surface area contributed by atoms with Crippen molar-refractivity contribution in [2.24, 2.45) is 0 Å². The first-order valence-corrected chi connectivity index (χ1v) is 11.0. The quantitative estimate of drug-likeness (QED) is 0.339. The van der Waals surface area contributed by atoms with Crippen molar-refractivity contribution in [2.75, 3.05) is 11.4 Å². The molecule has 0 spiro atoms. The van der Waals surface area contributed by atoms with Crippen LogP contribution in [0.5, 0.6) is 0 Å². The molecule has 2 aromatic carbocycles. The molecule has 1 amide bonds. The lowest BCUT2D eigenvalue weighted by Gasteiger charge is -2.25. The van der Waals surface area contributed by atoms with Gasteiger partial charge in [-0.05, 0) is 38.1 Å². The molecule has 0 saturated heterocycles. The van der Waals surface area contributed by atoms with Gasteiger partial charge in [-0.3, -0.25) is 9.36 Å². The van der Waals surface area contributed by atoms with E-state index in [0.29, 0.717) is 29.6 Å². The molecular formula is C24H24FN5OS. The number of rotatable bonds is 9. The number of anilines is 1. The van der Waals surface area contributed by atoms with Crippen LogP contribution < -0.4 is 4.90 Å². The van der Waals surface area contributed by atoms with E-state index < -0.39 is 11.1 Å². The summed E-state index contributed by atoms with van der Waals surface area (Å²) in [5.41, 5.74) is 2.16. The second kappa shape index (κ2) is 10.7. The zero-order valence-electron chi connectivity index (χ0n) is 18.0. The van der Waals surface area contributed by atoms with Crippen LogP contribution in [0.4, 0.5) is 10.1 Å². The van der Waals surface area contributed by atoms with Gasteiger partial charge in [-0.25, -0.2) is 4.39 Å². The largest absolute Gasteiger partial charge is 0.310 e. The van der Waals surface area contributed by atoms with Crippen LogP contribution >= 0.6 is 11.8 Å². The number of allylic oxidation sites excluding steroid dienone is 1. The van der Waals surface area contributed by atoms with Crippen LogP contribution in [0.3, 0.4) is 0 Å². The fraction of sp³-hybridized carbons (Fsp3) is 0.250. The summed E-state index contributed by atoms with van der Waals surface area (Å²) in [7, 11) is 0. The van der Waals surface area contributed by atoms with Gasteiger partial charge in [-0.1, -0.05) is 47.7 Å². The van der Waals surface area contributed by atoms with Gasteiger partial charge in [-0.2, -0.15) is 5.26 Å². The first-order valence-electron chi connectivity index (χ1n) is 10.2. The Kier molecular flexibility index (Phi) is 7.79. The van der Waals surface area contributed by atoms with E-state index in [2.05, 4.69) is 22.8 Å². The topological polar surface area (TPSA) is 74.8 Å². The highest BCUT2D eigenvalue weighted by molar-refractivity contribution is 8.00. The summed E-state index contributed by atoms with van der Waals surface area (Å²) in [4.78, 5) is 14.9. The predicted molar refractivity (Wildman–Crippen MR) is 125 cm³/mol. The number of carbonyl (C=O) groups is 1. The number of carbonyl (C=O) groups excluding carboxylic acids is 1. The molecule has 0 bridgehead atoms. The van der Waals surface area contributed by atoms with Gasteiger partial charge >= 0.3 is 0 Å². The molecule has 164 valence electrons. The van der Waals surface area contributed by atoms with Crippen molar-refractivity contribution in [3.8, 4) is 17.5 Å². The van der Waals surface area contributed by atoms with Crippen LogP contribution in [0, 0.1) is 24.1 Å². The summed E-state index contributed by atoms with van der Waals surface area (Å²) in [6.07, 6.45) is 1.90. The maximum Gasteiger partial charge on any atom is 0.240 e. The molecule has 1 heterocycles. The van der Waals surface area contributed by atoms with E-state index in [1.54, 1.807) is 40.7 Å². The van der Waals surface area contributed by atoms with Gasteiger partial charge in [0, 0.05) is 18.8 Å². The molecule has 32 heavy (non-hydrogen) atoms. The van der Waals surface area contributed by atoms with Crippen molar-refractivity contribution in [1.29, 1.82) is 5.26 Å². The molecule has 0 aliphatic heterocycles. The number of aryl methyl sites for hydroxylation is 1. The Hall–Kier alpha value is -3.44. The van der Waals surface area contributed by atoms with E-state index in [-0.39, 0.29) is 12.3 Å². The number of amides is 1. The molecule has 8 heteroatoms. The molecule has 0 radical (unpaired) electrons. The van der Waals surface area contributed by atoms with Gasteiger partial charge in [-0.15, -0.1) is 16.8 Å². The molecule has 0 fully saturated rings. The van der Waals surface area contributed by atoms with Gasteiger partial charge in [0.25, 0.3) is 0 Å².